The first kappa shape index (κ1) is 25.1. The molecule has 0 saturated heterocycles. The Kier molecular flexibility index (Phi) is 7.09. The number of benzene rings is 2. The van der Waals surface area contributed by atoms with Crippen LogP contribution in [-0.4, -0.2) is 21.0 Å². The largest absolute Gasteiger partial charge is 0.326 e. The number of halogens is 7. The molecular formula is C23H13Cl5F2N2O2. The van der Waals surface area contributed by atoms with Crippen LogP contribution in [0.3, 0.4) is 0 Å². The molecule has 0 aliphatic heterocycles. The van der Waals surface area contributed by atoms with Gasteiger partial charge in [0.05, 0.1) is 29.3 Å². The Morgan fingerprint density at radius 3 is 2.32 bits per heavy atom. The average Bonchev–Trinajstić information content (AvgIpc) is 3.33. The molecule has 1 aromatic heterocycles. The zero-order valence-corrected chi connectivity index (χ0v) is 20.7. The number of anilines is 1. The second-order valence-electron chi connectivity index (χ2n) is 7.70. The van der Waals surface area contributed by atoms with Gasteiger partial charge in [-0.15, -0.1) is 23.2 Å². The quantitative estimate of drug-likeness (QED) is 0.253. The van der Waals surface area contributed by atoms with Gasteiger partial charge in [0, 0.05) is 33.3 Å². The summed E-state index contributed by atoms with van der Waals surface area (Å²) in [5.41, 5.74) is 0.668. The van der Waals surface area contributed by atoms with Gasteiger partial charge in [0.15, 0.2) is 5.78 Å². The maximum Gasteiger partial charge on any atom is 0.231 e. The van der Waals surface area contributed by atoms with Crippen molar-refractivity contribution in [3.8, 4) is 0 Å². The topological polar surface area (TPSA) is 59.1 Å². The molecule has 0 bridgehead atoms. The van der Waals surface area contributed by atoms with Gasteiger partial charge in [-0.2, -0.15) is 0 Å². The monoisotopic (exact) mass is 562 g/mol. The van der Waals surface area contributed by atoms with Crippen molar-refractivity contribution in [1.29, 1.82) is 0 Å². The summed E-state index contributed by atoms with van der Waals surface area (Å²) in [5, 5.41) is 3.52. The van der Waals surface area contributed by atoms with Crippen molar-refractivity contribution in [2.75, 3.05) is 5.32 Å². The number of hydrogen-bond donors (Lipinski definition) is 1. The molecule has 1 amide bonds. The molecule has 176 valence electrons. The van der Waals surface area contributed by atoms with E-state index in [1.807, 2.05) is 0 Å². The third-order valence-corrected chi connectivity index (χ3v) is 7.03. The summed E-state index contributed by atoms with van der Waals surface area (Å²) in [4.78, 5) is 29.2. The number of carbonyl (C=O) groups is 2. The minimum absolute atomic E-state index is 0.0296. The molecule has 4 rings (SSSR count). The molecule has 0 radical (unpaired) electrons. The number of ketones is 1. The molecule has 2 atom stereocenters. The summed E-state index contributed by atoms with van der Waals surface area (Å²) >= 11 is 31.0. The van der Waals surface area contributed by atoms with E-state index in [4.69, 9.17) is 58.0 Å². The van der Waals surface area contributed by atoms with E-state index in [0.29, 0.717) is 21.7 Å². The molecule has 1 fully saturated rings. The standard InChI is InChI=1S/C23H13Cl5F2N2O2/c24-11-3-10(4-12(25)5-11)20-21(23(20,27)28)22(34)32-14-1-2-16(26)15(7-14)19(33)8-18-17(30)6-13(29)9-31-18/h1-7,9,20-21H,8H2,(H,32,34)/t20-,21+/m0/s1. The lowest BCUT2D eigenvalue weighted by Gasteiger charge is -2.09. The molecule has 1 aliphatic rings. The van der Waals surface area contributed by atoms with Crippen molar-refractivity contribution in [3.05, 3.63) is 92.2 Å². The Labute approximate surface area is 218 Å². The first-order chi connectivity index (χ1) is 16.0. The van der Waals surface area contributed by atoms with Crippen LogP contribution in [0.4, 0.5) is 14.5 Å². The van der Waals surface area contributed by atoms with Gasteiger partial charge < -0.3 is 5.32 Å². The van der Waals surface area contributed by atoms with Crippen LogP contribution in [-0.2, 0) is 11.2 Å². The lowest BCUT2D eigenvalue weighted by atomic mass is 10.0. The van der Waals surface area contributed by atoms with Crippen LogP contribution in [0, 0.1) is 17.6 Å². The molecule has 0 unspecified atom stereocenters. The Hall–Kier alpha value is -1.96. The van der Waals surface area contributed by atoms with Crippen molar-refractivity contribution < 1.29 is 18.4 Å². The fourth-order valence-corrected chi connectivity index (χ4v) is 5.27. The number of rotatable bonds is 6. The second kappa shape index (κ2) is 9.59. The van der Waals surface area contributed by atoms with E-state index >= 15 is 0 Å². The number of aromatic nitrogens is 1. The van der Waals surface area contributed by atoms with Crippen LogP contribution in [0.15, 0.2) is 48.7 Å². The summed E-state index contributed by atoms with van der Waals surface area (Å²) in [6, 6.07) is 9.70. The fourth-order valence-electron chi connectivity index (χ4n) is 3.68. The Bertz CT molecular complexity index is 1300. The highest BCUT2D eigenvalue weighted by Crippen LogP contribution is 2.65. The Balaban J connectivity index is 1.52. The van der Waals surface area contributed by atoms with Crippen LogP contribution in [0.2, 0.25) is 15.1 Å². The van der Waals surface area contributed by atoms with Crippen LogP contribution in [0.5, 0.6) is 0 Å². The normalized spacial score (nSPS) is 18.4. The van der Waals surface area contributed by atoms with E-state index in [1.54, 1.807) is 18.2 Å². The minimum atomic E-state index is -1.38. The molecule has 1 aliphatic carbocycles. The summed E-state index contributed by atoms with van der Waals surface area (Å²) in [6.07, 6.45) is 0.365. The van der Waals surface area contributed by atoms with Gasteiger partial charge >= 0.3 is 0 Å². The van der Waals surface area contributed by atoms with Crippen molar-refractivity contribution in [1.82, 2.24) is 4.98 Å². The first-order valence-corrected chi connectivity index (χ1v) is 11.6. The maximum atomic E-state index is 13.9. The third kappa shape index (κ3) is 5.16. The summed E-state index contributed by atoms with van der Waals surface area (Å²) in [6.45, 7) is 0. The highest BCUT2D eigenvalue weighted by atomic mass is 35.5. The maximum absolute atomic E-state index is 13.9. The smallest absolute Gasteiger partial charge is 0.231 e. The Morgan fingerprint density at radius 2 is 1.68 bits per heavy atom. The van der Waals surface area contributed by atoms with Gasteiger partial charge in [0.1, 0.15) is 16.0 Å². The molecule has 1 saturated carbocycles. The number of pyridine rings is 1. The fraction of sp³-hybridized carbons (Fsp3) is 0.174. The number of Topliss-reactive ketones (excluding diaryl/α,β-unsaturated/α-hetero) is 1. The number of alkyl halides is 2. The SMILES string of the molecule is O=C(Cc1ncc(F)cc1F)c1cc(NC(=O)[C@H]2[C@H](c3cc(Cl)cc(Cl)c3)C2(Cl)Cl)ccc1Cl. The number of amides is 1. The summed E-state index contributed by atoms with van der Waals surface area (Å²) in [7, 11) is 0. The highest BCUT2D eigenvalue weighted by molar-refractivity contribution is 6.53. The van der Waals surface area contributed by atoms with E-state index in [9.17, 15) is 18.4 Å². The molecule has 3 aromatic rings. The van der Waals surface area contributed by atoms with Gasteiger partial charge in [-0.05, 0) is 42.0 Å². The molecule has 34 heavy (non-hydrogen) atoms. The van der Waals surface area contributed by atoms with Crippen LogP contribution >= 0.6 is 58.0 Å². The molecule has 0 spiro atoms. The molecule has 1 N–H and O–H groups in total. The first-order valence-electron chi connectivity index (χ1n) is 9.74. The van der Waals surface area contributed by atoms with Gasteiger partial charge in [-0.25, -0.2) is 8.78 Å². The van der Waals surface area contributed by atoms with Crippen molar-refractivity contribution in [2.45, 2.75) is 16.7 Å². The summed E-state index contributed by atoms with van der Waals surface area (Å²) in [5.74, 6) is -4.22. The van der Waals surface area contributed by atoms with Crippen LogP contribution in [0.1, 0.15) is 27.5 Å². The van der Waals surface area contributed by atoms with E-state index in [2.05, 4.69) is 10.3 Å². The van der Waals surface area contributed by atoms with E-state index < -0.39 is 45.9 Å². The third-order valence-electron chi connectivity index (χ3n) is 5.33. The zero-order valence-electron chi connectivity index (χ0n) is 16.9. The number of carbonyl (C=O) groups excluding carboxylic acids is 2. The zero-order chi connectivity index (χ0) is 24.8. The lowest BCUT2D eigenvalue weighted by Crippen LogP contribution is -2.17. The van der Waals surface area contributed by atoms with Gasteiger partial charge in [0.2, 0.25) is 5.91 Å². The molecular weight excluding hydrogens is 552 g/mol. The number of nitrogens with zero attached hydrogens (tertiary/aromatic N) is 1. The van der Waals surface area contributed by atoms with E-state index in [0.717, 1.165) is 6.20 Å². The second-order valence-corrected chi connectivity index (χ2v) is 10.4. The molecule has 2 aromatic carbocycles. The van der Waals surface area contributed by atoms with Gasteiger partial charge in [-0.1, -0.05) is 34.8 Å². The number of hydrogen-bond acceptors (Lipinski definition) is 3. The number of nitrogens with one attached hydrogen (secondary N) is 1. The minimum Gasteiger partial charge on any atom is -0.326 e. The Morgan fingerprint density at radius 1 is 1.00 bits per heavy atom. The summed E-state index contributed by atoms with van der Waals surface area (Å²) < 4.78 is 25.6. The van der Waals surface area contributed by atoms with Crippen LogP contribution < -0.4 is 5.32 Å². The lowest BCUT2D eigenvalue weighted by molar-refractivity contribution is -0.117. The molecule has 1 heterocycles. The van der Waals surface area contributed by atoms with Gasteiger partial charge in [0.25, 0.3) is 0 Å². The van der Waals surface area contributed by atoms with Crippen LogP contribution in [0.25, 0.3) is 0 Å². The predicted molar refractivity (Wildman–Crippen MR) is 129 cm³/mol. The van der Waals surface area contributed by atoms with E-state index in [-0.39, 0.29) is 22.0 Å². The van der Waals surface area contributed by atoms with Crippen molar-refractivity contribution >= 4 is 75.4 Å². The average molecular weight is 565 g/mol. The van der Waals surface area contributed by atoms with Crippen molar-refractivity contribution in [2.24, 2.45) is 5.92 Å². The van der Waals surface area contributed by atoms with Gasteiger partial charge in [-0.3, -0.25) is 14.6 Å². The molecule has 4 nitrogen and oxygen atoms in total. The molecule has 11 heteroatoms. The van der Waals surface area contributed by atoms with Crippen molar-refractivity contribution in [3.63, 3.8) is 0 Å². The van der Waals surface area contributed by atoms with E-state index in [1.165, 1.54) is 18.2 Å². The highest BCUT2D eigenvalue weighted by Gasteiger charge is 2.67. The predicted octanol–water partition coefficient (Wildman–Crippen LogP) is 7.27.